The van der Waals surface area contributed by atoms with Crippen LogP contribution in [0.1, 0.15) is 0 Å². The predicted octanol–water partition coefficient (Wildman–Crippen LogP) is 1.44. The number of fused-ring (bicyclic) bond motifs is 1. The number of benzene rings is 1. The lowest BCUT2D eigenvalue weighted by Gasteiger charge is -2.25. The zero-order valence-electron chi connectivity index (χ0n) is 9.57. The van der Waals surface area contributed by atoms with E-state index in [1.807, 2.05) is 0 Å². The number of hydrogen-bond acceptors (Lipinski definition) is 4. The Labute approximate surface area is 106 Å². The van der Waals surface area contributed by atoms with E-state index in [4.69, 9.17) is 9.47 Å². The summed E-state index contributed by atoms with van der Waals surface area (Å²) in [4.78, 5) is 15.5. The summed E-state index contributed by atoms with van der Waals surface area (Å²) in [6.45, 7) is -1.67. The summed E-state index contributed by atoms with van der Waals surface area (Å²) < 4.78 is 46.0. The topological polar surface area (TPSA) is 56.8 Å². The maximum atomic E-state index is 11.8. The van der Waals surface area contributed by atoms with Gasteiger partial charge >= 0.3 is 6.18 Å². The molecule has 0 saturated carbocycles. The fourth-order valence-corrected chi connectivity index (χ4v) is 1.40. The zero-order chi connectivity index (χ0) is 13.9. The summed E-state index contributed by atoms with van der Waals surface area (Å²) in [7, 11) is 0. The van der Waals surface area contributed by atoms with Gasteiger partial charge in [-0.15, -0.1) is 0 Å². The number of carbonyl (C=O) groups excluding carboxylic acids is 1. The van der Waals surface area contributed by atoms with E-state index < -0.39 is 24.8 Å². The lowest BCUT2D eigenvalue weighted by molar-refractivity contribution is -0.194. The average molecular weight is 277 g/mol. The van der Waals surface area contributed by atoms with E-state index in [9.17, 15) is 18.0 Å². The van der Waals surface area contributed by atoms with Crippen molar-refractivity contribution >= 4 is 5.91 Å². The van der Waals surface area contributed by atoms with Crippen molar-refractivity contribution in [1.82, 2.24) is 5.48 Å². The number of amides is 1. The molecule has 8 heteroatoms. The van der Waals surface area contributed by atoms with Crippen molar-refractivity contribution in [2.45, 2.75) is 12.3 Å². The Balaban J connectivity index is 1.85. The number of alkyl halides is 3. The summed E-state index contributed by atoms with van der Waals surface area (Å²) in [6, 6.07) is 6.66. The molecule has 104 valence electrons. The van der Waals surface area contributed by atoms with Gasteiger partial charge in [0.25, 0.3) is 5.91 Å². The highest BCUT2D eigenvalue weighted by Gasteiger charge is 2.31. The molecule has 1 aliphatic rings. The van der Waals surface area contributed by atoms with Gasteiger partial charge in [0.1, 0.15) is 6.61 Å². The van der Waals surface area contributed by atoms with Crippen molar-refractivity contribution in [3.05, 3.63) is 24.3 Å². The lowest BCUT2D eigenvalue weighted by Crippen LogP contribution is -2.44. The van der Waals surface area contributed by atoms with Crippen molar-refractivity contribution in [1.29, 1.82) is 0 Å². The van der Waals surface area contributed by atoms with Gasteiger partial charge in [0.05, 0.1) is 0 Å². The summed E-state index contributed by atoms with van der Waals surface area (Å²) >= 11 is 0. The van der Waals surface area contributed by atoms with Gasteiger partial charge in [0, 0.05) is 0 Å². The van der Waals surface area contributed by atoms with Gasteiger partial charge in [-0.05, 0) is 12.1 Å². The number of carbonyl (C=O) groups is 1. The second-order valence-electron chi connectivity index (χ2n) is 3.73. The van der Waals surface area contributed by atoms with E-state index >= 15 is 0 Å². The first-order valence-corrected chi connectivity index (χ1v) is 5.32. The van der Waals surface area contributed by atoms with Gasteiger partial charge in [-0.1, -0.05) is 12.1 Å². The number of nitrogens with one attached hydrogen (secondary N) is 1. The number of halogens is 3. The van der Waals surface area contributed by atoms with E-state index in [1.165, 1.54) is 0 Å². The highest BCUT2D eigenvalue weighted by Crippen LogP contribution is 2.30. The second-order valence-corrected chi connectivity index (χ2v) is 3.73. The summed E-state index contributed by atoms with van der Waals surface area (Å²) in [6.07, 6.45) is -5.56. The molecule has 1 unspecified atom stereocenters. The van der Waals surface area contributed by atoms with Gasteiger partial charge in [0.15, 0.2) is 18.1 Å². The zero-order valence-corrected chi connectivity index (χ0v) is 9.57. The normalized spacial score (nSPS) is 17.9. The molecule has 19 heavy (non-hydrogen) atoms. The Hall–Kier alpha value is -1.96. The first-order valence-electron chi connectivity index (χ1n) is 5.32. The van der Waals surface area contributed by atoms with Crippen LogP contribution in [-0.2, 0) is 9.63 Å². The van der Waals surface area contributed by atoms with Crippen LogP contribution in [0, 0.1) is 0 Å². The van der Waals surface area contributed by atoms with E-state index in [1.54, 1.807) is 29.7 Å². The van der Waals surface area contributed by atoms with Crippen LogP contribution in [0.3, 0.4) is 0 Å². The number of para-hydroxylation sites is 2. The molecule has 0 aliphatic carbocycles. The van der Waals surface area contributed by atoms with Gasteiger partial charge in [-0.25, -0.2) is 5.48 Å². The maximum Gasteiger partial charge on any atom is 0.414 e. The van der Waals surface area contributed by atoms with E-state index in [-0.39, 0.29) is 6.61 Å². The third-order valence-electron chi connectivity index (χ3n) is 2.21. The first kappa shape index (κ1) is 13.5. The molecule has 1 N–H and O–H groups in total. The van der Waals surface area contributed by atoms with Crippen molar-refractivity contribution < 1.29 is 32.3 Å². The second kappa shape index (κ2) is 5.35. The molecule has 0 saturated heterocycles. The van der Waals surface area contributed by atoms with E-state index in [2.05, 4.69) is 4.84 Å². The number of ether oxygens (including phenoxy) is 2. The van der Waals surface area contributed by atoms with Crippen molar-refractivity contribution in [2.75, 3.05) is 13.2 Å². The van der Waals surface area contributed by atoms with Crippen molar-refractivity contribution in [3.8, 4) is 11.5 Å². The predicted molar refractivity (Wildman–Crippen MR) is 56.5 cm³/mol. The largest absolute Gasteiger partial charge is 0.485 e. The van der Waals surface area contributed by atoms with Crippen LogP contribution >= 0.6 is 0 Å². The lowest BCUT2D eigenvalue weighted by atomic mass is 10.2. The third kappa shape index (κ3) is 3.75. The van der Waals surface area contributed by atoms with E-state index in [0.717, 1.165) is 0 Å². The number of rotatable bonds is 3. The molecule has 1 aromatic rings. The summed E-state index contributed by atoms with van der Waals surface area (Å²) in [5.74, 6) is -0.00812. The highest BCUT2D eigenvalue weighted by molar-refractivity contribution is 5.80. The molecular formula is C11H10F3NO4. The van der Waals surface area contributed by atoms with E-state index in [0.29, 0.717) is 11.5 Å². The van der Waals surface area contributed by atoms with Crippen LogP contribution in [-0.4, -0.2) is 31.4 Å². The van der Waals surface area contributed by atoms with Crippen LogP contribution < -0.4 is 15.0 Å². The SMILES string of the molecule is O=C(NOCC(F)(F)F)C1COc2ccccc2O1. The monoisotopic (exact) mass is 277 g/mol. The minimum absolute atomic E-state index is 0.0990. The molecule has 0 spiro atoms. The Bertz CT molecular complexity index is 463. The van der Waals surface area contributed by atoms with Gasteiger partial charge in [-0.2, -0.15) is 13.2 Å². The minimum atomic E-state index is -4.51. The number of hydroxylamine groups is 1. The molecule has 1 heterocycles. The molecule has 1 aromatic carbocycles. The quantitative estimate of drug-likeness (QED) is 0.849. The van der Waals surface area contributed by atoms with Crippen LogP contribution in [0.2, 0.25) is 0 Å². The molecule has 1 aliphatic heterocycles. The Morgan fingerprint density at radius 3 is 2.74 bits per heavy atom. The standard InChI is InChI=1S/C11H10F3NO4/c12-11(13,14)6-18-15-10(16)9-5-17-7-3-1-2-4-8(7)19-9/h1-4,9H,5-6H2,(H,15,16). The Morgan fingerprint density at radius 2 is 2.05 bits per heavy atom. The van der Waals surface area contributed by atoms with Crippen LogP contribution in [0.25, 0.3) is 0 Å². The summed E-state index contributed by atoms with van der Waals surface area (Å²) in [5, 5.41) is 0. The molecule has 0 radical (unpaired) electrons. The molecule has 1 atom stereocenters. The maximum absolute atomic E-state index is 11.8. The number of hydrogen-bond donors (Lipinski definition) is 1. The van der Waals surface area contributed by atoms with Crippen LogP contribution in [0.15, 0.2) is 24.3 Å². The third-order valence-corrected chi connectivity index (χ3v) is 2.21. The molecule has 0 bridgehead atoms. The van der Waals surface area contributed by atoms with Gasteiger partial charge in [-0.3, -0.25) is 9.63 Å². The molecule has 1 amide bonds. The smallest absolute Gasteiger partial charge is 0.414 e. The van der Waals surface area contributed by atoms with Crippen LogP contribution in [0.5, 0.6) is 11.5 Å². The van der Waals surface area contributed by atoms with Crippen molar-refractivity contribution in [2.24, 2.45) is 0 Å². The Kier molecular flexibility index (Phi) is 3.79. The van der Waals surface area contributed by atoms with Crippen LogP contribution in [0.4, 0.5) is 13.2 Å². The Morgan fingerprint density at radius 1 is 1.37 bits per heavy atom. The minimum Gasteiger partial charge on any atom is -0.485 e. The molecular weight excluding hydrogens is 267 g/mol. The van der Waals surface area contributed by atoms with Crippen molar-refractivity contribution in [3.63, 3.8) is 0 Å². The fourth-order valence-electron chi connectivity index (χ4n) is 1.40. The highest BCUT2D eigenvalue weighted by atomic mass is 19.4. The molecule has 0 aromatic heterocycles. The fraction of sp³-hybridized carbons (Fsp3) is 0.364. The first-order chi connectivity index (χ1) is 8.96. The molecule has 5 nitrogen and oxygen atoms in total. The molecule has 2 rings (SSSR count). The van der Waals surface area contributed by atoms with Gasteiger partial charge in [0.2, 0.25) is 6.10 Å². The van der Waals surface area contributed by atoms with Gasteiger partial charge < -0.3 is 9.47 Å². The summed E-state index contributed by atoms with van der Waals surface area (Å²) in [5.41, 5.74) is 1.68. The average Bonchev–Trinajstić information content (AvgIpc) is 2.36. The molecule has 0 fully saturated rings.